The van der Waals surface area contributed by atoms with Gasteiger partial charge >= 0.3 is 11.7 Å². The van der Waals surface area contributed by atoms with Crippen LogP contribution >= 0.6 is 0 Å². The van der Waals surface area contributed by atoms with Crippen molar-refractivity contribution in [3.05, 3.63) is 34.3 Å². The predicted molar refractivity (Wildman–Crippen MR) is 53.4 cm³/mol. The maximum atomic E-state index is 11.6. The molecule has 1 aliphatic carbocycles. The number of pyridine rings is 1. The summed E-state index contributed by atoms with van der Waals surface area (Å²) in [6, 6.07) is 1.79. The summed E-state index contributed by atoms with van der Waals surface area (Å²) in [5.41, 5.74) is 2.14. The first-order valence-corrected chi connectivity index (χ1v) is 5.15. The number of ether oxygens (including phenoxy) is 1. The Kier molecular flexibility index (Phi) is 2.58. The van der Waals surface area contributed by atoms with Crippen molar-refractivity contribution < 1.29 is 14.3 Å². The van der Waals surface area contributed by atoms with Gasteiger partial charge in [-0.3, -0.25) is 0 Å². The molecule has 15 heavy (non-hydrogen) atoms. The van der Waals surface area contributed by atoms with Crippen molar-refractivity contribution in [1.82, 2.24) is 0 Å². The number of esters is 1. The van der Waals surface area contributed by atoms with E-state index in [1.165, 1.54) is 6.20 Å². The first kappa shape index (κ1) is 9.96. The molecule has 0 fully saturated rings. The SMILES string of the molecule is CCOC(=O)c1c2c(cc[n+]1[O-])CCC2. The fraction of sp³-hybridized carbons (Fsp3) is 0.455. The number of aromatic nitrogens is 1. The summed E-state index contributed by atoms with van der Waals surface area (Å²) < 4.78 is 5.49. The summed E-state index contributed by atoms with van der Waals surface area (Å²) in [5, 5.41) is 11.5. The van der Waals surface area contributed by atoms with Crippen LogP contribution in [0.15, 0.2) is 12.3 Å². The monoisotopic (exact) mass is 207 g/mol. The van der Waals surface area contributed by atoms with Crippen molar-refractivity contribution in [2.24, 2.45) is 0 Å². The summed E-state index contributed by atoms with van der Waals surface area (Å²) in [5.74, 6) is -0.508. The van der Waals surface area contributed by atoms with Crippen LogP contribution in [-0.2, 0) is 17.6 Å². The summed E-state index contributed by atoms with van der Waals surface area (Å²) in [7, 11) is 0. The van der Waals surface area contributed by atoms with E-state index in [4.69, 9.17) is 4.74 Å². The highest BCUT2D eigenvalue weighted by molar-refractivity contribution is 5.87. The van der Waals surface area contributed by atoms with Crippen molar-refractivity contribution in [3.8, 4) is 0 Å². The largest absolute Gasteiger partial charge is 0.618 e. The van der Waals surface area contributed by atoms with E-state index in [9.17, 15) is 10.0 Å². The Morgan fingerprint density at radius 2 is 2.40 bits per heavy atom. The lowest BCUT2D eigenvalue weighted by atomic mass is 10.1. The molecule has 4 heteroatoms. The fourth-order valence-corrected chi connectivity index (χ4v) is 2.00. The molecule has 0 atom stereocenters. The predicted octanol–water partition coefficient (Wildman–Crippen LogP) is 0.985. The Labute approximate surface area is 88.1 Å². The molecular formula is C11H13NO3. The van der Waals surface area contributed by atoms with Gasteiger partial charge in [-0.1, -0.05) is 0 Å². The van der Waals surface area contributed by atoms with Crippen LogP contribution in [0.25, 0.3) is 0 Å². The van der Waals surface area contributed by atoms with Crippen molar-refractivity contribution in [1.29, 1.82) is 0 Å². The number of carbonyl (C=O) groups is 1. The van der Waals surface area contributed by atoms with Gasteiger partial charge in [0.05, 0.1) is 6.61 Å². The Hall–Kier alpha value is -1.58. The molecule has 4 nitrogen and oxygen atoms in total. The zero-order valence-electron chi connectivity index (χ0n) is 8.66. The van der Waals surface area contributed by atoms with Gasteiger partial charge in [0.25, 0.3) is 0 Å². The van der Waals surface area contributed by atoms with Gasteiger partial charge in [0.2, 0.25) is 0 Å². The topological polar surface area (TPSA) is 53.2 Å². The third kappa shape index (κ3) is 1.67. The van der Waals surface area contributed by atoms with E-state index in [2.05, 4.69) is 0 Å². The zero-order chi connectivity index (χ0) is 10.8. The van der Waals surface area contributed by atoms with E-state index in [0.717, 1.165) is 30.4 Å². The first-order chi connectivity index (χ1) is 7.24. The average molecular weight is 207 g/mol. The summed E-state index contributed by atoms with van der Waals surface area (Å²) in [6.07, 6.45) is 4.14. The number of nitrogens with zero attached hydrogens (tertiary/aromatic N) is 1. The molecule has 2 rings (SSSR count). The second-order valence-electron chi connectivity index (χ2n) is 3.57. The molecule has 1 aromatic heterocycles. The molecule has 0 N–H and O–H groups in total. The number of aryl methyl sites for hydroxylation is 1. The summed E-state index contributed by atoms with van der Waals surface area (Å²) in [4.78, 5) is 11.6. The molecule has 1 aromatic rings. The van der Waals surface area contributed by atoms with Crippen LogP contribution in [0.2, 0.25) is 0 Å². The minimum atomic E-state index is -0.508. The van der Waals surface area contributed by atoms with Crippen LogP contribution in [0.5, 0.6) is 0 Å². The Bertz CT molecular complexity index is 401. The highest BCUT2D eigenvalue weighted by atomic mass is 16.5. The molecule has 0 aromatic carbocycles. The molecule has 0 aliphatic heterocycles. The van der Waals surface area contributed by atoms with Crippen LogP contribution in [0.3, 0.4) is 0 Å². The van der Waals surface area contributed by atoms with Gasteiger partial charge in [0.1, 0.15) is 0 Å². The van der Waals surface area contributed by atoms with Crippen LogP contribution in [0.4, 0.5) is 0 Å². The van der Waals surface area contributed by atoms with Crippen molar-refractivity contribution in [3.63, 3.8) is 0 Å². The minimum absolute atomic E-state index is 0.173. The fourth-order valence-electron chi connectivity index (χ4n) is 2.00. The molecule has 0 saturated carbocycles. The second-order valence-corrected chi connectivity index (χ2v) is 3.57. The Balaban J connectivity index is 2.45. The van der Waals surface area contributed by atoms with Crippen LogP contribution in [0.1, 0.15) is 35.0 Å². The summed E-state index contributed by atoms with van der Waals surface area (Å²) in [6.45, 7) is 2.03. The molecule has 1 aliphatic rings. The molecular weight excluding hydrogens is 194 g/mol. The lowest BCUT2D eigenvalue weighted by molar-refractivity contribution is -0.608. The van der Waals surface area contributed by atoms with Gasteiger partial charge in [0.15, 0.2) is 6.20 Å². The number of fused-ring (bicyclic) bond motifs is 1. The maximum absolute atomic E-state index is 11.6. The Morgan fingerprint density at radius 1 is 1.60 bits per heavy atom. The van der Waals surface area contributed by atoms with Crippen molar-refractivity contribution >= 4 is 5.97 Å². The number of carbonyl (C=O) groups excluding carboxylic acids is 1. The second kappa shape index (κ2) is 3.88. The van der Waals surface area contributed by atoms with E-state index in [0.29, 0.717) is 11.3 Å². The van der Waals surface area contributed by atoms with Gasteiger partial charge in [-0.05, 0) is 31.7 Å². The molecule has 0 bridgehead atoms. The molecule has 0 amide bonds. The zero-order valence-corrected chi connectivity index (χ0v) is 8.66. The number of hydrogen-bond acceptors (Lipinski definition) is 3. The van der Waals surface area contributed by atoms with Gasteiger partial charge in [-0.15, -0.1) is 0 Å². The standard InChI is InChI=1S/C11H13NO3/c1-2-15-11(13)10-9-5-3-4-8(9)6-7-12(10)14/h6-7H,2-5H2,1H3. The third-order valence-electron chi connectivity index (χ3n) is 2.65. The molecule has 1 heterocycles. The van der Waals surface area contributed by atoms with Crippen LogP contribution in [-0.4, -0.2) is 12.6 Å². The smallest absolute Gasteiger partial charge is 0.405 e. The van der Waals surface area contributed by atoms with E-state index in [1.807, 2.05) is 0 Å². The normalized spacial score (nSPS) is 13.7. The molecule has 0 spiro atoms. The van der Waals surface area contributed by atoms with E-state index < -0.39 is 5.97 Å². The van der Waals surface area contributed by atoms with E-state index in [-0.39, 0.29) is 5.69 Å². The number of rotatable bonds is 2. The van der Waals surface area contributed by atoms with Gasteiger partial charge in [-0.2, -0.15) is 4.73 Å². The Morgan fingerprint density at radius 3 is 3.13 bits per heavy atom. The molecule has 0 saturated heterocycles. The summed E-state index contributed by atoms with van der Waals surface area (Å²) >= 11 is 0. The van der Waals surface area contributed by atoms with Crippen LogP contribution in [0, 0.1) is 5.21 Å². The third-order valence-corrected chi connectivity index (χ3v) is 2.65. The van der Waals surface area contributed by atoms with E-state index >= 15 is 0 Å². The van der Waals surface area contributed by atoms with Crippen molar-refractivity contribution in [2.45, 2.75) is 26.2 Å². The quantitative estimate of drug-likeness (QED) is 0.413. The molecule has 80 valence electrons. The highest BCUT2D eigenvalue weighted by Crippen LogP contribution is 2.23. The number of hydrogen-bond donors (Lipinski definition) is 0. The van der Waals surface area contributed by atoms with Gasteiger partial charge < -0.3 is 9.94 Å². The lowest BCUT2D eigenvalue weighted by Crippen LogP contribution is -2.36. The van der Waals surface area contributed by atoms with Crippen molar-refractivity contribution in [2.75, 3.05) is 6.61 Å². The highest BCUT2D eigenvalue weighted by Gasteiger charge is 2.28. The molecule has 0 radical (unpaired) electrons. The molecule has 0 unspecified atom stereocenters. The van der Waals surface area contributed by atoms with Gasteiger partial charge in [0, 0.05) is 11.6 Å². The first-order valence-electron chi connectivity index (χ1n) is 5.15. The maximum Gasteiger partial charge on any atom is 0.405 e. The van der Waals surface area contributed by atoms with Crippen LogP contribution < -0.4 is 4.73 Å². The lowest BCUT2D eigenvalue weighted by Gasteiger charge is -2.07. The minimum Gasteiger partial charge on any atom is -0.618 e. The van der Waals surface area contributed by atoms with E-state index in [1.54, 1.807) is 13.0 Å². The van der Waals surface area contributed by atoms with Gasteiger partial charge in [-0.25, -0.2) is 4.79 Å². The average Bonchev–Trinajstić information content (AvgIpc) is 2.65.